The molecule has 152 valence electrons. The van der Waals surface area contributed by atoms with Gasteiger partial charge in [-0.2, -0.15) is 0 Å². The van der Waals surface area contributed by atoms with Crippen LogP contribution in [-0.2, 0) is 16.1 Å². The van der Waals surface area contributed by atoms with E-state index in [1.165, 1.54) is 0 Å². The van der Waals surface area contributed by atoms with Gasteiger partial charge in [-0.15, -0.1) is 0 Å². The van der Waals surface area contributed by atoms with E-state index < -0.39 is 0 Å². The van der Waals surface area contributed by atoms with Gasteiger partial charge in [0.25, 0.3) is 0 Å². The summed E-state index contributed by atoms with van der Waals surface area (Å²) in [5.74, 6) is 1.67. The number of benzene rings is 2. The Morgan fingerprint density at radius 2 is 1.93 bits per heavy atom. The Morgan fingerprint density at radius 3 is 2.66 bits per heavy atom. The fraction of sp³-hybridized carbons (Fsp3) is 0.364. The molecule has 1 saturated heterocycles. The Morgan fingerprint density at radius 1 is 1.17 bits per heavy atom. The summed E-state index contributed by atoms with van der Waals surface area (Å²) in [5.41, 5.74) is 1.76. The second kappa shape index (κ2) is 8.03. The molecule has 4 rings (SSSR count). The molecule has 0 spiro atoms. The lowest BCUT2D eigenvalue weighted by Crippen LogP contribution is -2.37. The first-order valence-electron chi connectivity index (χ1n) is 9.70. The zero-order valence-electron chi connectivity index (χ0n) is 16.6. The Hall–Kier alpha value is -3.22. The van der Waals surface area contributed by atoms with Gasteiger partial charge in [0.1, 0.15) is 5.75 Å². The van der Waals surface area contributed by atoms with Crippen LogP contribution in [-0.4, -0.2) is 43.7 Å². The molecule has 2 amide bonds. The van der Waals surface area contributed by atoms with E-state index in [-0.39, 0.29) is 30.9 Å². The summed E-state index contributed by atoms with van der Waals surface area (Å²) >= 11 is 0. The maximum atomic E-state index is 13.1. The van der Waals surface area contributed by atoms with E-state index in [0.29, 0.717) is 31.1 Å². The van der Waals surface area contributed by atoms with Crippen LogP contribution in [0.25, 0.3) is 0 Å². The number of nitrogens with zero attached hydrogens (tertiary/aromatic N) is 2. The molecule has 2 aromatic carbocycles. The molecule has 2 aromatic rings. The number of rotatable bonds is 6. The van der Waals surface area contributed by atoms with Gasteiger partial charge in [-0.25, -0.2) is 0 Å². The van der Waals surface area contributed by atoms with E-state index in [1.807, 2.05) is 37.3 Å². The van der Waals surface area contributed by atoms with Crippen molar-refractivity contribution in [3.05, 3.63) is 48.0 Å². The van der Waals surface area contributed by atoms with E-state index in [0.717, 1.165) is 17.0 Å². The molecule has 29 heavy (non-hydrogen) atoms. The Bertz CT molecular complexity index is 912. The van der Waals surface area contributed by atoms with Gasteiger partial charge in [-0.1, -0.05) is 12.1 Å². The predicted octanol–water partition coefficient (Wildman–Crippen LogP) is 2.83. The SMILES string of the molecule is CCN(Cc1ccc(OC)cc1)C(=O)C1CC(=O)N(c2ccc3c(c2)OCO3)C1. The van der Waals surface area contributed by atoms with Gasteiger partial charge in [0, 0.05) is 37.8 Å². The first-order valence-corrected chi connectivity index (χ1v) is 9.70. The van der Waals surface area contributed by atoms with E-state index in [9.17, 15) is 9.59 Å². The van der Waals surface area contributed by atoms with Crippen LogP contribution in [0.5, 0.6) is 17.2 Å². The summed E-state index contributed by atoms with van der Waals surface area (Å²) in [6.45, 7) is 3.60. The van der Waals surface area contributed by atoms with Crippen molar-refractivity contribution >= 4 is 17.5 Å². The molecule has 0 bridgehead atoms. The normalized spacial score (nSPS) is 17.5. The molecule has 7 heteroatoms. The number of amides is 2. The Kier molecular flexibility index (Phi) is 5.29. The van der Waals surface area contributed by atoms with E-state index in [4.69, 9.17) is 14.2 Å². The number of ether oxygens (including phenoxy) is 3. The van der Waals surface area contributed by atoms with Crippen molar-refractivity contribution in [1.29, 1.82) is 0 Å². The van der Waals surface area contributed by atoms with E-state index in [1.54, 1.807) is 29.0 Å². The lowest BCUT2D eigenvalue weighted by Gasteiger charge is -2.24. The molecule has 2 aliphatic rings. The van der Waals surface area contributed by atoms with Crippen LogP contribution in [0, 0.1) is 5.92 Å². The van der Waals surface area contributed by atoms with Crippen molar-refractivity contribution in [3.8, 4) is 17.2 Å². The summed E-state index contributed by atoms with van der Waals surface area (Å²) in [4.78, 5) is 29.1. The van der Waals surface area contributed by atoms with Crippen LogP contribution in [0.1, 0.15) is 18.9 Å². The summed E-state index contributed by atoms with van der Waals surface area (Å²) in [7, 11) is 1.62. The van der Waals surface area contributed by atoms with Crippen LogP contribution in [0.2, 0.25) is 0 Å². The number of carbonyl (C=O) groups is 2. The van der Waals surface area contributed by atoms with Crippen LogP contribution in [0.3, 0.4) is 0 Å². The van der Waals surface area contributed by atoms with Crippen LogP contribution < -0.4 is 19.1 Å². The van der Waals surface area contributed by atoms with Gasteiger partial charge in [-0.05, 0) is 36.8 Å². The van der Waals surface area contributed by atoms with Gasteiger partial charge in [0.15, 0.2) is 11.5 Å². The van der Waals surface area contributed by atoms with Crippen LogP contribution >= 0.6 is 0 Å². The van der Waals surface area contributed by atoms with Crippen molar-refractivity contribution in [2.24, 2.45) is 5.92 Å². The molecule has 1 atom stereocenters. The smallest absolute Gasteiger partial charge is 0.231 e. The lowest BCUT2D eigenvalue weighted by molar-refractivity contribution is -0.136. The van der Waals surface area contributed by atoms with Gasteiger partial charge in [0.2, 0.25) is 18.6 Å². The fourth-order valence-electron chi connectivity index (χ4n) is 3.73. The van der Waals surface area contributed by atoms with Crippen molar-refractivity contribution in [1.82, 2.24) is 4.90 Å². The third-order valence-corrected chi connectivity index (χ3v) is 5.37. The van der Waals surface area contributed by atoms with Gasteiger partial charge in [-0.3, -0.25) is 9.59 Å². The fourth-order valence-corrected chi connectivity index (χ4v) is 3.73. The average Bonchev–Trinajstić information content (AvgIpc) is 3.37. The van der Waals surface area contributed by atoms with Gasteiger partial charge >= 0.3 is 0 Å². The second-order valence-corrected chi connectivity index (χ2v) is 7.14. The maximum Gasteiger partial charge on any atom is 0.231 e. The summed E-state index contributed by atoms with van der Waals surface area (Å²) in [6, 6.07) is 13.1. The number of fused-ring (bicyclic) bond motifs is 1. The predicted molar refractivity (Wildman–Crippen MR) is 107 cm³/mol. The topological polar surface area (TPSA) is 68.3 Å². The Labute approximate surface area is 169 Å². The quantitative estimate of drug-likeness (QED) is 0.751. The number of methoxy groups -OCH3 is 1. The maximum absolute atomic E-state index is 13.1. The third kappa shape index (κ3) is 3.85. The monoisotopic (exact) mass is 396 g/mol. The lowest BCUT2D eigenvalue weighted by atomic mass is 10.1. The minimum absolute atomic E-state index is 0.0000820. The van der Waals surface area contributed by atoms with Crippen molar-refractivity contribution < 1.29 is 23.8 Å². The molecule has 7 nitrogen and oxygen atoms in total. The summed E-state index contributed by atoms with van der Waals surface area (Å²) in [5, 5.41) is 0. The average molecular weight is 396 g/mol. The Balaban J connectivity index is 1.44. The van der Waals surface area contributed by atoms with Gasteiger partial charge < -0.3 is 24.0 Å². The van der Waals surface area contributed by atoms with Crippen molar-refractivity contribution in [3.63, 3.8) is 0 Å². The molecule has 0 N–H and O–H groups in total. The van der Waals surface area contributed by atoms with E-state index in [2.05, 4.69) is 0 Å². The minimum Gasteiger partial charge on any atom is -0.497 e. The zero-order chi connectivity index (χ0) is 20.4. The molecule has 1 fully saturated rings. The van der Waals surface area contributed by atoms with Crippen LogP contribution in [0.15, 0.2) is 42.5 Å². The highest BCUT2D eigenvalue weighted by molar-refractivity contribution is 6.00. The first kappa shape index (κ1) is 19.1. The first-order chi connectivity index (χ1) is 14.1. The summed E-state index contributed by atoms with van der Waals surface area (Å²) in [6.07, 6.45) is 0.215. The summed E-state index contributed by atoms with van der Waals surface area (Å²) < 4.78 is 15.9. The van der Waals surface area contributed by atoms with Gasteiger partial charge in [0.05, 0.1) is 13.0 Å². The highest BCUT2D eigenvalue weighted by atomic mass is 16.7. The largest absolute Gasteiger partial charge is 0.497 e. The minimum atomic E-state index is -0.355. The molecule has 0 radical (unpaired) electrons. The molecule has 2 heterocycles. The molecule has 0 saturated carbocycles. The van der Waals surface area contributed by atoms with E-state index >= 15 is 0 Å². The highest BCUT2D eigenvalue weighted by Gasteiger charge is 2.37. The zero-order valence-corrected chi connectivity index (χ0v) is 16.6. The molecular weight excluding hydrogens is 372 g/mol. The molecule has 0 aliphatic carbocycles. The highest BCUT2D eigenvalue weighted by Crippen LogP contribution is 2.37. The second-order valence-electron chi connectivity index (χ2n) is 7.14. The third-order valence-electron chi connectivity index (χ3n) is 5.37. The molecule has 0 aromatic heterocycles. The van der Waals surface area contributed by atoms with Crippen molar-refractivity contribution in [2.45, 2.75) is 19.9 Å². The number of carbonyl (C=O) groups excluding carboxylic acids is 2. The molecule has 2 aliphatic heterocycles. The molecular formula is C22H24N2O5. The number of anilines is 1. The molecule has 1 unspecified atom stereocenters. The van der Waals surface area contributed by atoms with Crippen LogP contribution in [0.4, 0.5) is 5.69 Å². The van der Waals surface area contributed by atoms with Crippen molar-refractivity contribution in [2.75, 3.05) is 31.9 Å². The standard InChI is InChI=1S/C22H24N2O5/c1-3-23(12-15-4-7-18(27-2)8-5-15)22(26)16-10-21(25)24(13-16)17-6-9-19-20(11-17)29-14-28-19/h4-9,11,16H,3,10,12-14H2,1-2H3. The number of hydrogen-bond donors (Lipinski definition) is 0. The number of hydrogen-bond acceptors (Lipinski definition) is 5.